The summed E-state index contributed by atoms with van der Waals surface area (Å²) in [6, 6.07) is 0. The summed E-state index contributed by atoms with van der Waals surface area (Å²) in [6.45, 7) is 7.66. The van der Waals surface area contributed by atoms with E-state index >= 15 is 0 Å². The molecule has 0 bridgehead atoms. The molecule has 260 valence electrons. The van der Waals surface area contributed by atoms with Crippen molar-refractivity contribution in [1.29, 1.82) is 0 Å². The predicted octanol–water partition coefficient (Wildman–Crippen LogP) is 3.05. The van der Waals surface area contributed by atoms with Gasteiger partial charge in [-0.25, -0.2) is 9.59 Å². The molecule has 0 aromatic rings. The van der Waals surface area contributed by atoms with Crippen molar-refractivity contribution in [2.24, 2.45) is 0 Å². The van der Waals surface area contributed by atoms with Gasteiger partial charge in [0.15, 0.2) is 0 Å². The van der Waals surface area contributed by atoms with Gasteiger partial charge in [-0.05, 0) is 53.4 Å². The van der Waals surface area contributed by atoms with E-state index in [1.165, 1.54) is 7.05 Å². The van der Waals surface area contributed by atoms with E-state index in [9.17, 15) is 38.4 Å². The zero-order chi connectivity index (χ0) is 34.8. The van der Waals surface area contributed by atoms with Crippen LogP contribution in [-0.2, 0) is 62.2 Å². The maximum atomic E-state index is 12.3. The van der Waals surface area contributed by atoms with Gasteiger partial charge in [0.2, 0.25) is 0 Å². The summed E-state index contributed by atoms with van der Waals surface area (Å²) in [5.41, 5.74) is -1.41. The minimum absolute atomic E-state index is 0.0176. The van der Waals surface area contributed by atoms with E-state index in [0.717, 1.165) is 5.06 Å². The third-order valence-electron chi connectivity index (χ3n) is 6.84. The SMILES string of the molecule is CN(OC(=O)CCCCC(=O)OC(C)(C)CCOC(C)(C)CCOC(=O)CCCCC(=O)ON1C(=O)CCC1=O)C(=O)CCC=O. The number of hydrogen-bond donors (Lipinski definition) is 0. The molecular weight excluding hydrogens is 608 g/mol. The number of amides is 3. The number of carbonyl (C=O) groups is 8. The first kappa shape index (κ1) is 40.1. The van der Waals surface area contributed by atoms with Gasteiger partial charge in [0.05, 0.1) is 18.8 Å². The van der Waals surface area contributed by atoms with Crippen molar-refractivity contribution in [3.05, 3.63) is 0 Å². The maximum Gasteiger partial charge on any atom is 0.333 e. The van der Waals surface area contributed by atoms with Crippen LogP contribution in [0.5, 0.6) is 0 Å². The molecule has 0 spiro atoms. The molecule has 0 N–H and O–H groups in total. The summed E-state index contributed by atoms with van der Waals surface area (Å²) < 4.78 is 16.8. The van der Waals surface area contributed by atoms with Crippen LogP contribution in [0, 0.1) is 0 Å². The van der Waals surface area contributed by atoms with Crippen LogP contribution in [0.3, 0.4) is 0 Å². The summed E-state index contributed by atoms with van der Waals surface area (Å²) in [7, 11) is 1.30. The second kappa shape index (κ2) is 20.3. The molecule has 1 saturated heterocycles. The van der Waals surface area contributed by atoms with Crippen LogP contribution in [0.2, 0.25) is 0 Å². The van der Waals surface area contributed by atoms with Crippen molar-refractivity contribution < 1.29 is 62.2 Å². The normalized spacial score (nSPS) is 13.3. The minimum atomic E-state index is -0.797. The van der Waals surface area contributed by atoms with Gasteiger partial charge in [-0.1, -0.05) is 0 Å². The molecule has 0 aliphatic carbocycles. The molecule has 0 unspecified atom stereocenters. The van der Waals surface area contributed by atoms with Crippen LogP contribution in [0.1, 0.15) is 118 Å². The van der Waals surface area contributed by atoms with Crippen molar-refractivity contribution in [3.8, 4) is 0 Å². The second-order valence-corrected chi connectivity index (χ2v) is 12.1. The molecule has 15 nitrogen and oxygen atoms in total. The van der Waals surface area contributed by atoms with Gasteiger partial charge in [-0.3, -0.25) is 24.0 Å². The highest BCUT2D eigenvalue weighted by Crippen LogP contribution is 2.21. The van der Waals surface area contributed by atoms with Crippen LogP contribution in [0.25, 0.3) is 0 Å². The van der Waals surface area contributed by atoms with Crippen molar-refractivity contribution >= 4 is 47.9 Å². The molecule has 1 heterocycles. The largest absolute Gasteiger partial charge is 0.466 e. The number of carbonyl (C=O) groups excluding carboxylic acids is 8. The fourth-order valence-corrected chi connectivity index (χ4v) is 4.01. The summed E-state index contributed by atoms with van der Waals surface area (Å²) in [5, 5.41) is 1.30. The minimum Gasteiger partial charge on any atom is -0.466 e. The Labute approximate surface area is 269 Å². The fourth-order valence-electron chi connectivity index (χ4n) is 4.01. The Balaban J connectivity index is 2.16. The lowest BCUT2D eigenvalue weighted by atomic mass is 10.0. The van der Waals surface area contributed by atoms with E-state index in [-0.39, 0.29) is 64.6 Å². The number of aldehydes is 1. The van der Waals surface area contributed by atoms with Gasteiger partial charge in [0, 0.05) is 71.3 Å². The molecule has 1 fully saturated rings. The molecular formula is C31H48N2O13. The van der Waals surface area contributed by atoms with Crippen molar-refractivity contribution in [3.63, 3.8) is 0 Å². The predicted molar refractivity (Wildman–Crippen MR) is 159 cm³/mol. The Morgan fingerprint density at radius 2 is 1.26 bits per heavy atom. The summed E-state index contributed by atoms with van der Waals surface area (Å²) in [5.74, 6) is -3.74. The maximum absolute atomic E-state index is 12.3. The molecule has 0 aromatic heterocycles. The number of hydrogen-bond acceptors (Lipinski definition) is 13. The molecule has 15 heteroatoms. The van der Waals surface area contributed by atoms with E-state index < -0.39 is 52.8 Å². The Bertz CT molecular complexity index is 1070. The van der Waals surface area contributed by atoms with E-state index in [0.29, 0.717) is 49.9 Å². The molecule has 0 atom stereocenters. The van der Waals surface area contributed by atoms with E-state index in [1.807, 2.05) is 13.8 Å². The average Bonchev–Trinajstić information content (AvgIpc) is 3.27. The summed E-state index contributed by atoms with van der Waals surface area (Å²) in [6.07, 6.45) is 3.15. The second-order valence-electron chi connectivity index (χ2n) is 12.1. The monoisotopic (exact) mass is 656 g/mol. The number of hydroxylamine groups is 4. The molecule has 0 radical (unpaired) electrons. The standard InChI is InChI=1S/C31H48N2O13/c1-30(2,18-21-42-26(38)12-6-8-15-29(41)46-33-24(36)16-17-25(33)37)43-22-19-31(3,4)44-27(39)13-7-9-14-28(40)45-32(5)23(35)11-10-20-34/h20H,6-19,21-22H2,1-5H3. The smallest absolute Gasteiger partial charge is 0.333 e. The Kier molecular flexibility index (Phi) is 17.7. The van der Waals surface area contributed by atoms with E-state index in [2.05, 4.69) is 0 Å². The Morgan fingerprint density at radius 1 is 0.739 bits per heavy atom. The fraction of sp³-hybridized carbons (Fsp3) is 0.742. The van der Waals surface area contributed by atoms with Gasteiger partial charge in [-0.15, -0.1) is 5.06 Å². The first-order chi connectivity index (χ1) is 21.5. The van der Waals surface area contributed by atoms with Crippen LogP contribution < -0.4 is 0 Å². The molecule has 0 aromatic carbocycles. The van der Waals surface area contributed by atoms with Crippen molar-refractivity contribution in [1.82, 2.24) is 10.1 Å². The number of rotatable bonds is 22. The molecule has 0 saturated carbocycles. The highest BCUT2D eigenvalue weighted by molar-refractivity contribution is 6.01. The van der Waals surface area contributed by atoms with Crippen LogP contribution in [0.4, 0.5) is 0 Å². The summed E-state index contributed by atoms with van der Waals surface area (Å²) in [4.78, 5) is 103. The number of nitrogens with zero attached hydrogens (tertiary/aromatic N) is 2. The molecule has 1 aliphatic rings. The highest BCUT2D eigenvalue weighted by atomic mass is 16.7. The van der Waals surface area contributed by atoms with Gasteiger partial charge in [0.1, 0.15) is 11.9 Å². The lowest BCUT2D eigenvalue weighted by molar-refractivity contribution is -0.197. The number of esters is 2. The lowest BCUT2D eigenvalue weighted by Crippen LogP contribution is -2.33. The zero-order valence-corrected chi connectivity index (χ0v) is 27.6. The molecule has 3 amide bonds. The molecule has 1 rings (SSSR count). The van der Waals surface area contributed by atoms with Gasteiger partial charge in [0.25, 0.3) is 17.7 Å². The quantitative estimate of drug-likeness (QED) is 0.0544. The van der Waals surface area contributed by atoms with Gasteiger partial charge < -0.3 is 28.7 Å². The van der Waals surface area contributed by atoms with Crippen molar-refractivity contribution in [2.75, 3.05) is 20.3 Å². The third-order valence-corrected chi connectivity index (χ3v) is 6.84. The Hall–Kier alpha value is -3.88. The topological polar surface area (TPSA) is 189 Å². The Morgan fingerprint density at radius 3 is 1.85 bits per heavy atom. The van der Waals surface area contributed by atoms with Crippen LogP contribution in [0.15, 0.2) is 0 Å². The number of imide groups is 1. The van der Waals surface area contributed by atoms with Gasteiger partial charge in [-0.2, -0.15) is 5.06 Å². The summed E-state index contributed by atoms with van der Waals surface area (Å²) >= 11 is 0. The van der Waals surface area contributed by atoms with Gasteiger partial charge >= 0.3 is 23.9 Å². The first-order valence-corrected chi connectivity index (χ1v) is 15.5. The third kappa shape index (κ3) is 17.6. The van der Waals surface area contributed by atoms with E-state index in [1.54, 1.807) is 13.8 Å². The number of ether oxygens (including phenoxy) is 3. The highest BCUT2D eigenvalue weighted by Gasteiger charge is 2.32. The van der Waals surface area contributed by atoms with Crippen molar-refractivity contribution in [2.45, 2.75) is 129 Å². The number of unbranched alkanes of at least 4 members (excludes halogenated alkanes) is 2. The first-order valence-electron chi connectivity index (χ1n) is 15.5. The van der Waals surface area contributed by atoms with Crippen LogP contribution in [-0.4, -0.2) is 89.5 Å². The molecule has 46 heavy (non-hydrogen) atoms. The van der Waals surface area contributed by atoms with E-state index in [4.69, 9.17) is 23.9 Å². The average molecular weight is 657 g/mol. The lowest BCUT2D eigenvalue weighted by Gasteiger charge is -2.29. The molecule has 1 aliphatic heterocycles. The van der Waals surface area contributed by atoms with Crippen LogP contribution >= 0.6 is 0 Å². The zero-order valence-electron chi connectivity index (χ0n) is 27.6.